The van der Waals surface area contributed by atoms with E-state index >= 15 is 0 Å². The average molecular weight is 514 g/mol. The van der Waals surface area contributed by atoms with Crippen molar-refractivity contribution in [2.24, 2.45) is 0 Å². The van der Waals surface area contributed by atoms with Crippen molar-refractivity contribution in [1.82, 2.24) is 24.6 Å². The number of pyridine rings is 1. The lowest BCUT2D eigenvalue weighted by Crippen LogP contribution is -2.38. The number of morpholine rings is 1. The summed E-state index contributed by atoms with van der Waals surface area (Å²) in [5, 5.41) is 5.63. The first-order valence-electron chi connectivity index (χ1n) is 13.7. The zero-order valence-electron chi connectivity index (χ0n) is 23.0. The number of nitrogens with zero attached hydrogens (tertiary/aromatic N) is 4. The third kappa shape index (κ3) is 6.45. The lowest BCUT2D eigenvalue weighted by Gasteiger charge is -2.26. The number of aromatic nitrogens is 4. The minimum atomic E-state index is 0.127. The molecule has 1 atom stereocenters. The van der Waals surface area contributed by atoms with E-state index in [4.69, 9.17) is 15.9 Å². The van der Waals surface area contributed by atoms with Crippen LogP contribution in [0.5, 0.6) is 5.75 Å². The van der Waals surface area contributed by atoms with Gasteiger partial charge in [0, 0.05) is 60.3 Å². The van der Waals surface area contributed by atoms with E-state index in [0.717, 1.165) is 96.8 Å². The van der Waals surface area contributed by atoms with E-state index in [0.29, 0.717) is 0 Å². The molecule has 0 radical (unpaired) electrons. The number of ether oxygens (including phenoxy) is 2. The zero-order valence-corrected chi connectivity index (χ0v) is 23.0. The zero-order chi connectivity index (χ0) is 26.9. The second kappa shape index (κ2) is 13.3. The summed E-state index contributed by atoms with van der Waals surface area (Å²) in [4.78, 5) is 10.4. The molecule has 1 aliphatic rings. The number of hydrogen-bond acceptors (Lipinski definition) is 5. The molecule has 200 valence electrons. The highest BCUT2D eigenvalue weighted by Crippen LogP contribution is 2.33. The fourth-order valence-corrected chi connectivity index (χ4v) is 4.70. The molecule has 4 aromatic rings. The van der Waals surface area contributed by atoms with E-state index in [1.54, 1.807) is 0 Å². The van der Waals surface area contributed by atoms with Gasteiger partial charge in [0.05, 0.1) is 37.6 Å². The van der Waals surface area contributed by atoms with Crippen LogP contribution in [0.4, 0.5) is 0 Å². The van der Waals surface area contributed by atoms with E-state index in [1.165, 1.54) is 0 Å². The molecule has 38 heavy (non-hydrogen) atoms. The molecular formula is C31H39N5O2. The maximum Gasteiger partial charge on any atom is 0.137 e. The molecule has 1 saturated heterocycles. The average Bonchev–Trinajstić information content (AvgIpc) is 3.61. The van der Waals surface area contributed by atoms with E-state index in [1.807, 2.05) is 49.3 Å². The van der Waals surface area contributed by atoms with Crippen molar-refractivity contribution in [3.05, 3.63) is 54.6 Å². The first-order valence-corrected chi connectivity index (χ1v) is 13.7. The van der Waals surface area contributed by atoms with Gasteiger partial charge in [-0.2, -0.15) is 5.10 Å². The summed E-state index contributed by atoms with van der Waals surface area (Å²) < 4.78 is 13.5. The highest BCUT2D eigenvalue weighted by Gasteiger charge is 2.14. The van der Waals surface area contributed by atoms with Gasteiger partial charge in [0.25, 0.3) is 0 Å². The van der Waals surface area contributed by atoms with Crippen LogP contribution in [0.2, 0.25) is 0 Å². The van der Waals surface area contributed by atoms with Crippen molar-refractivity contribution in [2.45, 2.75) is 53.2 Å². The van der Waals surface area contributed by atoms with Gasteiger partial charge in [-0.25, -0.2) is 4.98 Å². The molecule has 0 bridgehead atoms. The molecule has 1 N–H and O–H groups in total. The molecule has 0 amide bonds. The van der Waals surface area contributed by atoms with Gasteiger partial charge < -0.3 is 14.5 Å². The number of hydrogen-bond donors (Lipinski definition) is 1. The van der Waals surface area contributed by atoms with Gasteiger partial charge in [-0.1, -0.05) is 39.2 Å². The SMILES string of the molecule is C#Cc1cc(-c2c[nH]c3ncc(-c4cnn(CCN5CCOCC5)c4)cc23)ccc1OC(C)CCC.CC. The van der Waals surface area contributed by atoms with Crippen LogP contribution in [0.15, 0.2) is 49.1 Å². The number of aromatic amines is 1. The topological polar surface area (TPSA) is 68.2 Å². The standard InChI is InChI=1S/C29H33N5O2.C2H6/c1-4-6-21(3)36-28-8-7-23(15-22(28)5-2)27-19-31-29-26(27)16-24(17-30-29)25-18-32-34(20-25)10-9-33-11-13-35-14-12-33;1-2/h2,7-8,15-21H,4,6,9-14H2,1,3H3,(H,30,31);1-2H3. The van der Waals surface area contributed by atoms with Crippen LogP contribution in [-0.2, 0) is 11.3 Å². The molecule has 4 heterocycles. The molecule has 7 heteroatoms. The maximum atomic E-state index is 6.09. The van der Waals surface area contributed by atoms with E-state index in [2.05, 4.69) is 58.1 Å². The Morgan fingerprint density at radius 1 is 1.11 bits per heavy atom. The molecule has 3 aromatic heterocycles. The van der Waals surface area contributed by atoms with Crippen LogP contribution >= 0.6 is 0 Å². The molecular weight excluding hydrogens is 474 g/mol. The van der Waals surface area contributed by atoms with Crippen LogP contribution in [0.1, 0.15) is 46.1 Å². The second-order valence-electron chi connectivity index (χ2n) is 9.34. The Balaban J connectivity index is 0.00000164. The first-order chi connectivity index (χ1) is 18.6. The third-order valence-electron chi connectivity index (χ3n) is 6.72. The van der Waals surface area contributed by atoms with Gasteiger partial charge >= 0.3 is 0 Å². The minimum absolute atomic E-state index is 0.127. The van der Waals surface area contributed by atoms with Crippen LogP contribution in [0.25, 0.3) is 33.3 Å². The number of rotatable bonds is 9. The largest absolute Gasteiger partial charge is 0.489 e. The summed E-state index contributed by atoms with van der Waals surface area (Å²) in [7, 11) is 0. The van der Waals surface area contributed by atoms with Gasteiger partial charge in [0.15, 0.2) is 0 Å². The molecule has 1 aromatic carbocycles. The van der Waals surface area contributed by atoms with Gasteiger partial charge in [-0.15, -0.1) is 6.42 Å². The molecule has 7 nitrogen and oxygen atoms in total. The van der Waals surface area contributed by atoms with Gasteiger partial charge in [0.2, 0.25) is 0 Å². The summed E-state index contributed by atoms with van der Waals surface area (Å²) in [5.74, 6) is 3.55. The van der Waals surface area contributed by atoms with Crippen molar-refractivity contribution in [2.75, 3.05) is 32.8 Å². The van der Waals surface area contributed by atoms with Crippen LogP contribution < -0.4 is 4.74 Å². The number of H-pyrrole nitrogens is 1. The lowest BCUT2D eigenvalue weighted by molar-refractivity contribution is 0.0360. The fourth-order valence-electron chi connectivity index (χ4n) is 4.70. The summed E-state index contributed by atoms with van der Waals surface area (Å²) in [6.07, 6.45) is 15.9. The lowest BCUT2D eigenvalue weighted by atomic mass is 10.0. The Kier molecular flexibility index (Phi) is 9.58. The number of fused-ring (bicyclic) bond motifs is 1. The smallest absolute Gasteiger partial charge is 0.137 e. The van der Waals surface area contributed by atoms with Crippen molar-refractivity contribution >= 4 is 11.0 Å². The molecule has 0 saturated carbocycles. The molecule has 1 aliphatic heterocycles. The van der Waals surface area contributed by atoms with Crippen molar-refractivity contribution in [3.63, 3.8) is 0 Å². The van der Waals surface area contributed by atoms with Crippen molar-refractivity contribution in [1.29, 1.82) is 0 Å². The molecule has 5 rings (SSSR count). The quantitative estimate of drug-likeness (QED) is 0.278. The van der Waals surface area contributed by atoms with E-state index in [-0.39, 0.29) is 6.10 Å². The molecule has 0 aliphatic carbocycles. The Morgan fingerprint density at radius 2 is 1.92 bits per heavy atom. The summed E-state index contributed by atoms with van der Waals surface area (Å²) >= 11 is 0. The second-order valence-corrected chi connectivity index (χ2v) is 9.34. The Bertz CT molecular complexity index is 1360. The summed E-state index contributed by atoms with van der Waals surface area (Å²) in [5.41, 5.74) is 5.78. The predicted octanol–water partition coefficient (Wildman–Crippen LogP) is 6.00. The summed E-state index contributed by atoms with van der Waals surface area (Å²) in [6, 6.07) is 8.23. The van der Waals surface area contributed by atoms with Crippen LogP contribution in [0, 0.1) is 12.3 Å². The number of benzene rings is 1. The first kappa shape index (κ1) is 27.4. The highest BCUT2D eigenvalue weighted by atomic mass is 16.5. The minimum Gasteiger partial charge on any atom is -0.489 e. The maximum absolute atomic E-state index is 6.09. The van der Waals surface area contributed by atoms with E-state index in [9.17, 15) is 0 Å². The normalized spacial score (nSPS) is 14.5. The predicted molar refractivity (Wildman–Crippen MR) is 154 cm³/mol. The monoisotopic (exact) mass is 513 g/mol. The fraction of sp³-hybridized carbons (Fsp3) is 0.419. The third-order valence-corrected chi connectivity index (χ3v) is 6.72. The van der Waals surface area contributed by atoms with Gasteiger partial charge in [0.1, 0.15) is 11.4 Å². The molecule has 1 fully saturated rings. The van der Waals surface area contributed by atoms with Gasteiger partial charge in [-0.3, -0.25) is 9.58 Å². The Hall–Kier alpha value is -3.60. The summed E-state index contributed by atoms with van der Waals surface area (Å²) in [6.45, 7) is 13.6. The van der Waals surface area contributed by atoms with E-state index < -0.39 is 0 Å². The van der Waals surface area contributed by atoms with Crippen molar-refractivity contribution < 1.29 is 9.47 Å². The van der Waals surface area contributed by atoms with Crippen LogP contribution in [-0.4, -0.2) is 63.6 Å². The Morgan fingerprint density at radius 3 is 2.68 bits per heavy atom. The van der Waals surface area contributed by atoms with Crippen LogP contribution in [0.3, 0.4) is 0 Å². The number of nitrogens with one attached hydrogen (secondary N) is 1. The van der Waals surface area contributed by atoms with Crippen molar-refractivity contribution in [3.8, 4) is 40.3 Å². The molecule has 0 spiro atoms. The molecule has 1 unspecified atom stereocenters. The van der Waals surface area contributed by atoms with Gasteiger partial charge in [-0.05, 0) is 37.1 Å². The Labute approximate surface area is 226 Å². The highest BCUT2D eigenvalue weighted by molar-refractivity contribution is 5.96. The number of terminal acetylenes is 1.